The van der Waals surface area contributed by atoms with Gasteiger partial charge in [0.05, 0.1) is 5.48 Å². The Balaban J connectivity index is 0.000000597. The zero-order valence-electron chi connectivity index (χ0n) is 75.5. The van der Waals surface area contributed by atoms with Crippen LogP contribution in [0.4, 0.5) is 0 Å². The van der Waals surface area contributed by atoms with Crippen LogP contribution in [0, 0.1) is 53.4 Å². The van der Waals surface area contributed by atoms with Gasteiger partial charge in [-0.25, -0.2) is 0 Å². The lowest BCUT2D eigenvalue weighted by atomic mass is 9.75. The van der Waals surface area contributed by atoms with Crippen molar-refractivity contribution in [3.05, 3.63) is 245 Å². The minimum atomic E-state index is -0.331. The Morgan fingerprint density at radius 2 is 0.582 bits per heavy atom. The zero-order chi connectivity index (χ0) is 79.7. The molecule has 0 radical (unpaired) electrons. The quantitative estimate of drug-likeness (QED) is 0.142. The summed E-state index contributed by atoms with van der Waals surface area (Å²) in [6.07, 6.45) is 4.66. The molecule has 0 nitrogen and oxygen atoms in total. The molecule has 546 valence electrons. The average Bonchev–Trinajstić information content (AvgIpc) is 0.782. The highest BCUT2D eigenvalue weighted by Crippen LogP contribution is 2.38. The standard InChI is InChI=1S/C18H30.C16H26.2C14H22.C13H20.C12H18.C11H16/c1-13(2)11-15-9-8-10-16(12-14(3)4)17(15)18(5,6)7;1-11(2)13-9-8-10-14(12(3)4)15(13)16(5,6)7;1-13(2,3)11-7-9-12(10-8-11)14(4,5)6;1-6-11-9-8-10-12(7-2)13(11)14(3,4)5;1-9-7-10(2)12(11(3)8-9)13(4,5)6;1-9-7-6-8-10(2)11(9)12(3,4)5;1-9-6-5-7-10(8-9)11(2,3)4/h8-10,13-14H,11-12H2,1-7H3;8-12H,1-7H3;7-10H,1-6H3;8-10H,6-7H2,1-5H3;7-8H,1-6H3;6-8H,1-5H3;5-8H,1-4H3/i;;;;;;5D,6D,7D,8D. The Morgan fingerprint density at radius 3 is 0.857 bits per heavy atom. The van der Waals surface area contributed by atoms with Crippen molar-refractivity contribution in [2.75, 3.05) is 0 Å². The molecular weight excluding hydrogens is 1180 g/mol. The third-order valence-electron chi connectivity index (χ3n) is 17.9. The summed E-state index contributed by atoms with van der Waals surface area (Å²) in [5, 5.41) is 0. The van der Waals surface area contributed by atoms with E-state index in [4.69, 9.17) is 5.48 Å². The maximum Gasteiger partial charge on any atom is 0.0629 e. The molecule has 0 bridgehead atoms. The van der Waals surface area contributed by atoms with Gasteiger partial charge in [-0.1, -0.05) is 380 Å². The molecule has 0 saturated heterocycles. The molecule has 7 aromatic rings. The average molecular weight is 1340 g/mol. The molecule has 0 heterocycles. The van der Waals surface area contributed by atoms with Gasteiger partial charge in [0.1, 0.15) is 0 Å². The van der Waals surface area contributed by atoms with E-state index in [2.05, 4.69) is 358 Å². The molecule has 0 amide bonds. The molecular formula is C98H154. The van der Waals surface area contributed by atoms with Gasteiger partial charge in [-0.3, -0.25) is 0 Å². The van der Waals surface area contributed by atoms with E-state index in [1.54, 1.807) is 34.7 Å². The smallest absolute Gasteiger partial charge is 0.0625 e. The lowest BCUT2D eigenvalue weighted by Gasteiger charge is -2.29. The zero-order valence-corrected chi connectivity index (χ0v) is 71.5. The van der Waals surface area contributed by atoms with Crippen LogP contribution < -0.4 is 0 Å². The van der Waals surface area contributed by atoms with Gasteiger partial charge >= 0.3 is 0 Å². The summed E-state index contributed by atoms with van der Waals surface area (Å²) in [5.41, 5.74) is 29.2. The first-order valence-electron chi connectivity index (χ1n) is 39.8. The van der Waals surface area contributed by atoms with Crippen molar-refractivity contribution in [1.82, 2.24) is 0 Å². The van der Waals surface area contributed by atoms with Gasteiger partial charge in [-0.05, 0) is 234 Å². The van der Waals surface area contributed by atoms with Crippen LogP contribution in [-0.4, -0.2) is 0 Å². The van der Waals surface area contributed by atoms with Crippen molar-refractivity contribution >= 4 is 0 Å². The summed E-state index contributed by atoms with van der Waals surface area (Å²) in [5.74, 6) is 2.65. The second-order valence-corrected chi connectivity index (χ2v) is 38.0. The summed E-state index contributed by atoms with van der Waals surface area (Å²) in [7, 11) is 0. The van der Waals surface area contributed by atoms with Gasteiger partial charge in [-0.15, -0.1) is 0 Å². The van der Waals surface area contributed by atoms with Crippen molar-refractivity contribution in [3.8, 4) is 0 Å². The molecule has 0 N–H and O–H groups in total. The molecule has 0 aromatic heterocycles. The second kappa shape index (κ2) is 38.0. The molecule has 0 atom stereocenters. The highest BCUT2D eigenvalue weighted by molar-refractivity contribution is 5.46. The molecule has 0 aliphatic carbocycles. The number of rotatable bonds is 8. The number of hydrogen-bond donors (Lipinski definition) is 0. The van der Waals surface area contributed by atoms with Gasteiger partial charge < -0.3 is 0 Å². The first kappa shape index (κ1) is 83.2. The molecule has 0 spiro atoms. The lowest BCUT2D eigenvalue weighted by Crippen LogP contribution is -2.19. The van der Waals surface area contributed by atoms with E-state index in [-0.39, 0.29) is 67.5 Å². The predicted octanol–water partition coefficient (Wildman–Crippen LogP) is 29.8. The minimum Gasteiger partial charge on any atom is -0.0625 e. The summed E-state index contributed by atoms with van der Waals surface area (Å²) in [4.78, 5) is 0. The molecule has 0 unspecified atom stereocenters. The molecule has 7 rings (SSSR count). The largest absolute Gasteiger partial charge is 0.0629 e. The second-order valence-electron chi connectivity index (χ2n) is 38.0. The Bertz CT molecular complexity index is 3520. The third kappa shape index (κ3) is 30.4. The summed E-state index contributed by atoms with van der Waals surface area (Å²) in [6.45, 7) is 89.3. The molecule has 0 aliphatic rings. The fourth-order valence-corrected chi connectivity index (χ4v) is 14.1. The molecule has 98 heavy (non-hydrogen) atoms. The van der Waals surface area contributed by atoms with E-state index in [9.17, 15) is 0 Å². The first-order valence-corrected chi connectivity index (χ1v) is 37.8. The van der Waals surface area contributed by atoms with Gasteiger partial charge in [0.25, 0.3) is 0 Å². The van der Waals surface area contributed by atoms with Crippen LogP contribution in [-0.2, 0) is 69.0 Å². The van der Waals surface area contributed by atoms with E-state index >= 15 is 0 Å². The van der Waals surface area contributed by atoms with E-state index in [1.807, 2.05) is 20.8 Å². The van der Waals surface area contributed by atoms with Crippen molar-refractivity contribution < 1.29 is 5.48 Å². The van der Waals surface area contributed by atoms with Gasteiger partial charge in [0, 0.05) is 0 Å². The van der Waals surface area contributed by atoms with E-state index in [1.165, 1.54) is 85.2 Å². The Labute approximate surface area is 616 Å². The monoisotopic (exact) mass is 1340 g/mol. The Kier molecular flexibility index (Phi) is 32.3. The van der Waals surface area contributed by atoms with Crippen LogP contribution in [0.1, 0.15) is 364 Å². The van der Waals surface area contributed by atoms with Crippen LogP contribution in [0.25, 0.3) is 0 Å². The highest BCUT2D eigenvalue weighted by atomic mass is 14.3. The lowest BCUT2D eigenvalue weighted by molar-refractivity contribution is 0.548. The Morgan fingerprint density at radius 1 is 0.296 bits per heavy atom. The molecule has 0 saturated carbocycles. The number of benzene rings is 7. The Hall–Kier alpha value is -5.46. The van der Waals surface area contributed by atoms with Crippen molar-refractivity contribution in [2.24, 2.45) is 11.8 Å². The van der Waals surface area contributed by atoms with Gasteiger partial charge in [0.2, 0.25) is 0 Å². The van der Waals surface area contributed by atoms with Crippen molar-refractivity contribution in [2.45, 2.75) is 358 Å². The summed E-state index contributed by atoms with van der Waals surface area (Å²) < 4.78 is 31.0. The third-order valence-corrected chi connectivity index (χ3v) is 17.9. The van der Waals surface area contributed by atoms with E-state index in [0.717, 1.165) is 24.7 Å². The number of hydrogen-bond acceptors (Lipinski definition) is 0. The number of aryl methyl sites for hydroxylation is 7. The maximum absolute atomic E-state index is 7.91. The molecule has 7 aromatic carbocycles. The first-order chi connectivity index (χ1) is 46.1. The van der Waals surface area contributed by atoms with Crippen LogP contribution in [0.15, 0.2) is 133 Å². The normalized spacial score (nSPS) is 12.8. The maximum atomic E-state index is 7.91. The van der Waals surface area contributed by atoms with Gasteiger partial charge in [-0.2, -0.15) is 0 Å². The summed E-state index contributed by atoms with van der Waals surface area (Å²) >= 11 is 0. The van der Waals surface area contributed by atoms with Crippen molar-refractivity contribution in [1.29, 1.82) is 0 Å². The SMILES string of the molecule is CC(C)(C)c1ccc(C(C)(C)C)cc1.CC(C)Cc1cccc(CC(C)C)c1C(C)(C)C.CC(C)c1cccc(C(C)C)c1C(C)(C)C.CCc1cccc(CC)c1C(C)(C)C.Cc1cc(C)c(C(C)(C)C)c(C)c1.Cc1cccc(C)c1C(C)(C)C.[2H]c1c([2H])c(C)c([2H])c(C(C)(C)C)c1[2H]. The fourth-order valence-electron chi connectivity index (χ4n) is 14.1. The molecule has 0 heteroatoms. The predicted molar refractivity (Wildman–Crippen MR) is 447 cm³/mol. The van der Waals surface area contributed by atoms with E-state index in [0.29, 0.717) is 23.0 Å². The van der Waals surface area contributed by atoms with E-state index < -0.39 is 0 Å². The van der Waals surface area contributed by atoms with Crippen LogP contribution in [0.3, 0.4) is 0 Å². The van der Waals surface area contributed by atoms with Crippen LogP contribution in [0.5, 0.6) is 0 Å². The van der Waals surface area contributed by atoms with Crippen LogP contribution >= 0.6 is 0 Å². The fraction of sp³-hybridized carbons (Fsp3) is 0.571. The highest BCUT2D eigenvalue weighted by Gasteiger charge is 2.26. The topological polar surface area (TPSA) is 0 Å². The molecule has 0 fully saturated rings. The van der Waals surface area contributed by atoms with Crippen LogP contribution in [0.2, 0.25) is 0 Å². The minimum absolute atomic E-state index is 0.00185. The van der Waals surface area contributed by atoms with Gasteiger partial charge in [0.15, 0.2) is 0 Å². The van der Waals surface area contributed by atoms with Crippen molar-refractivity contribution in [3.63, 3.8) is 0 Å². The summed E-state index contributed by atoms with van der Waals surface area (Å²) in [6, 6.07) is 40.6. The molecule has 0 aliphatic heterocycles.